The molecule has 0 aromatic carbocycles. The topological polar surface area (TPSA) is 57.8 Å². The van der Waals surface area contributed by atoms with Gasteiger partial charge < -0.3 is 5.32 Å². The van der Waals surface area contributed by atoms with E-state index in [1.165, 1.54) is 12.8 Å². The van der Waals surface area contributed by atoms with Crippen LogP contribution in [0.4, 0.5) is 5.69 Å². The average molecular weight is 258 g/mol. The molecule has 1 unspecified atom stereocenters. The van der Waals surface area contributed by atoms with Crippen molar-refractivity contribution in [2.75, 3.05) is 5.32 Å². The van der Waals surface area contributed by atoms with E-state index >= 15 is 0 Å². The van der Waals surface area contributed by atoms with Crippen LogP contribution in [0.3, 0.4) is 0 Å². The highest BCUT2D eigenvalue weighted by atomic mass is 79.9. The Bertz CT molecular complexity index is 386. The predicted molar refractivity (Wildman–Crippen MR) is 58.4 cm³/mol. The summed E-state index contributed by atoms with van der Waals surface area (Å²) < 4.78 is 0.528. The molecule has 1 heterocycles. The fourth-order valence-electron chi connectivity index (χ4n) is 1.44. The lowest BCUT2D eigenvalue weighted by molar-refractivity contribution is 0.692. The van der Waals surface area contributed by atoms with Crippen LogP contribution in [-0.4, -0.2) is 16.2 Å². The van der Waals surface area contributed by atoms with Crippen molar-refractivity contribution in [3.05, 3.63) is 21.0 Å². The van der Waals surface area contributed by atoms with Gasteiger partial charge in [-0.15, -0.1) is 0 Å². The molecule has 2 N–H and O–H groups in total. The normalized spacial score (nSPS) is 17.9. The molecule has 1 aromatic heterocycles. The number of nitrogens with zero attached hydrogens (tertiary/aromatic N) is 1. The van der Waals surface area contributed by atoms with Gasteiger partial charge in [0.25, 0.3) is 5.56 Å². The summed E-state index contributed by atoms with van der Waals surface area (Å²) in [4.78, 5) is 11.2. The van der Waals surface area contributed by atoms with Crippen LogP contribution in [-0.2, 0) is 0 Å². The molecule has 1 fully saturated rings. The van der Waals surface area contributed by atoms with Gasteiger partial charge in [-0.25, -0.2) is 5.10 Å². The van der Waals surface area contributed by atoms with Gasteiger partial charge in [0.05, 0.1) is 11.9 Å². The van der Waals surface area contributed by atoms with E-state index in [9.17, 15) is 4.79 Å². The Morgan fingerprint density at radius 1 is 1.71 bits per heavy atom. The van der Waals surface area contributed by atoms with Crippen LogP contribution in [0.15, 0.2) is 15.5 Å². The minimum Gasteiger partial charge on any atom is -0.380 e. The maximum atomic E-state index is 11.2. The second kappa shape index (κ2) is 3.73. The zero-order valence-corrected chi connectivity index (χ0v) is 9.47. The van der Waals surface area contributed by atoms with Crippen molar-refractivity contribution in [3.63, 3.8) is 0 Å². The van der Waals surface area contributed by atoms with Crippen molar-refractivity contribution < 1.29 is 0 Å². The van der Waals surface area contributed by atoms with Crippen molar-refractivity contribution in [1.82, 2.24) is 10.2 Å². The Labute approximate surface area is 90.2 Å². The number of rotatable bonds is 3. The second-order valence-corrected chi connectivity index (χ2v) is 4.49. The highest BCUT2D eigenvalue weighted by molar-refractivity contribution is 9.10. The summed E-state index contributed by atoms with van der Waals surface area (Å²) in [5.74, 6) is 0.751. The maximum Gasteiger partial charge on any atom is 0.280 e. The first-order valence-electron chi connectivity index (χ1n) is 4.68. The number of halogens is 1. The molecule has 2 rings (SSSR count). The molecule has 1 aromatic rings. The molecular weight excluding hydrogens is 246 g/mol. The molecule has 0 aliphatic heterocycles. The molecule has 5 heteroatoms. The zero-order chi connectivity index (χ0) is 10.1. The third-order valence-electron chi connectivity index (χ3n) is 2.51. The van der Waals surface area contributed by atoms with Crippen molar-refractivity contribution in [3.8, 4) is 0 Å². The van der Waals surface area contributed by atoms with Crippen LogP contribution in [0.1, 0.15) is 19.8 Å². The first-order valence-corrected chi connectivity index (χ1v) is 5.47. The van der Waals surface area contributed by atoms with Crippen LogP contribution >= 0.6 is 15.9 Å². The van der Waals surface area contributed by atoms with E-state index in [1.54, 1.807) is 6.20 Å². The lowest BCUT2D eigenvalue weighted by Gasteiger charge is -2.14. The van der Waals surface area contributed by atoms with Gasteiger partial charge in [0.15, 0.2) is 0 Å². The number of aromatic nitrogens is 2. The van der Waals surface area contributed by atoms with Gasteiger partial charge in [-0.3, -0.25) is 4.79 Å². The van der Waals surface area contributed by atoms with Crippen LogP contribution in [0.25, 0.3) is 0 Å². The molecule has 1 saturated carbocycles. The highest BCUT2D eigenvalue weighted by Gasteiger charge is 2.28. The fraction of sp³-hybridized carbons (Fsp3) is 0.556. The molecule has 0 amide bonds. The number of H-pyrrole nitrogens is 1. The van der Waals surface area contributed by atoms with E-state index in [1.807, 2.05) is 0 Å². The van der Waals surface area contributed by atoms with Crippen molar-refractivity contribution in [1.29, 1.82) is 0 Å². The number of hydrogen-bond acceptors (Lipinski definition) is 3. The van der Waals surface area contributed by atoms with Crippen LogP contribution in [0, 0.1) is 5.92 Å². The lowest BCUT2D eigenvalue weighted by atomic mass is 10.2. The summed E-state index contributed by atoms with van der Waals surface area (Å²) in [6.07, 6.45) is 4.19. The number of aromatic amines is 1. The van der Waals surface area contributed by atoms with Crippen molar-refractivity contribution >= 4 is 21.6 Å². The molecule has 1 aliphatic rings. The molecule has 0 bridgehead atoms. The molecule has 14 heavy (non-hydrogen) atoms. The Morgan fingerprint density at radius 3 is 3.07 bits per heavy atom. The van der Waals surface area contributed by atoms with E-state index in [0.717, 1.165) is 11.6 Å². The van der Waals surface area contributed by atoms with Gasteiger partial charge in [-0.1, -0.05) is 0 Å². The van der Waals surface area contributed by atoms with Crippen LogP contribution < -0.4 is 10.9 Å². The molecular formula is C9H12BrN3O. The van der Waals surface area contributed by atoms with E-state index in [-0.39, 0.29) is 5.56 Å². The van der Waals surface area contributed by atoms with Gasteiger partial charge >= 0.3 is 0 Å². The van der Waals surface area contributed by atoms with E-state index < -0.39 is 0 Å². The molecule has 0 saturated heterocycles. The Hall–Kier alpha value is -0.840. The van der Waals surface area contributed by atoms with Gasteiger partial charge in [-0.2, -0.15) is 5.10 Å². The summed E-state index contributed by atoms with van der Waals surface area (Å²) in [7, 11) is 0. The number of anilines is 1. The lowest BCUT2D eigenvalue weighted by Crippen LogP contribution is -2.20. The van der Waals surface area contributed by atoms with Crippen molar-refractivity contribution in [2.24, 2.45) is 5.92 Å². The average Bonchev–Trinajstić information content (AvgIpc) is 2.95. The van der Waals surface area contributed by atoms with Gasteiger partial charge in [0, 0.05) is 6.04 Å². The Balaban J connectivity index is 2.15. The molecule has 0 radical (unpaired) electrons. The summed E-state index contributed by atoms with van der Waals surface area (Å²) in [6, 6.07) is 0.412. The first kappa shape index (κ1) is 9.71. The zero-order valence-electron chi connectivity index (χ0n) is 7.88. The third-order valence-corrected chi connectivity index (χ3v) is 3.30. The largest absolute Gasteiger partial charge is 0.380 e. The number of hydrogen-bond donors (Lipinski definition) is 2. The van der Waals surface area contributed by atoms with E-state index in [4.69, 9.17) is 0 Å². The van der Waals surface area contributed by atoms with Crippen LogP contribution in [0.2, 0.25) is 0 Å². The summed E-state index contributed by atoms with van der Waals surface area (Å²) in [6.45, 7) is 2.13. The monoisotopic (exact) mass is 257 g/mol. The highest BCUT2D eigenvalue weighted by Crippen LogP contribution is 2.34. The maximum absolute atomic E-state index is 11.2. The van der Waals surface area contributed by atoms with Gasteiger partial charge in [-0.05, 0) is 41.6 Å². The molecule has 4 nitrogen and oxygen atoms in total. The van der Waals surface area contributed by atoms with Crippen LogP contribution in [0.5, 0.6) is 0 Å². The summed E-state index contributed by atoms with van der Waals surface area (Å²) in [5, 5.41) is 9.40. The van der Waals surface area contributed by atoms with Crippen molar-refractivity contribution in [2.45, 2.75) is 25.8 Å². The Morgan fingerprint density at radius 2 is 2.43 bits per heavy atom. The SMILES string of the molecule is CC(Nc1cn[nH]c(=O)c1Br)C1CC1. The van der Waals surface area contributed by atoms with E-state index in [2.05, 4.69) is 38.4 Å². The minimum absolute atomic E-state index is 0.196. The molecule has 0 spiro atoms. The summed E-state index contributed by atoms with van der Waals surface area (Å²) in [5.41, 5.74) is 0.575. The third kappa shape index (κ3) is 1.97. The smallest absolute Gasteiger partial charge is 0.280 e. The van der Waals surface area contributed by atoms with E-state index in [0.29, 0.717) is 10.5 Å². The van der Waals surface area contributed by atoms with Gasteiger partial charge in [0.1, 0.15) is 4.47 Å². The minimum atomic E-state index is -0.196. The molecule has 1 aliphatic carbocycles. The molecule has 1 atom stereocenters. The fourth-order valence-corrected chi connectivity index (χ4v) is 1.75. The summed E-state index contributed by atoms with van der Waals surface area (Å²) >= 11 is 3.23. The number of nitrogens with one attached hydrogen (secondary N) is 2. The quantitative estimate of drug-likeness (QED) is 0.868. The first-order chi connectivity index (χ1) is 6.68. The standard InChI is InChI=1S/C9H12BrN3O/c1-5(6-2-3-6)12-7-4-11-13-9(14)8(7)10/h4-6H,2-3H2,1H3,(H2,12,13,14). The molecule has 76 valence electrons. The van der Waals surface area contributed by atoms with Gasteiger partial charge in [0.2, 0.25) is 0 Å². The second-order valence-electron chi connectivity index (χ2n) is 3.70. The predicted octanol–water partition coefficient (Wildman–Crippen LogP) is 1.74. The Kier molecular flexibility index (Phi) is 2.58.